The van der Waals surface area contributed by atoms with E-state index in [4.69, 9.17) is 10.5 Å². The zero-order chi connectivity index (χ0) is 21.0. The van der Waals surface area contributed by atoms with E-state index in [0.717, 1.165) is 31.2 Å². The van der Waals surface area contributed by atoms with Gasteiger partial charge in [0, 0.05) is 12.0 Å². The summed E-state index contributed by atoms with van der Waals surface area (Å²) in [5.74, 6) is 0.234. The molecule has 0 unspecified atom stereocenters. The van der Waals surface area contributed by atoms with Crippen LogP contribution in [0.5, 0.6) is 0 Å². The lowest BCUT2D eigenvalue weighted by atomic mass is 9.77. The summed E-state index contributed by atoms with van der Waals surface area (Å²) >= 11 is 0. The van der Waals surface area contributed by atoms with Gasteiger partial charge < -0.3 is 10.5 Å². The molecule has 1 fully saturated rings. The Hall–Kier alpha value is -2.76. The highest BCUT2D eigenvalue weighted by atomic mass is 16.6. The first-order valence-electron chi connectivity index (χ1n) is 10.2. The average Bonchev–Trinajstić information content (AvgIpc) is 2.67. The van der Waals surface area contributed by atoms with E-state index in [2.05, 4.69) is 22.1 Å². The number of carbonyl (C=O) groups excluding carboxylic acids is 2. The number of rotatable bonds is 5. The molecule has 1 saturated carbocycles. The molecule has 1 heterocycles. The number of esters is 1. The van der Waals surface area contributed by atoms with Crippen LogP contribution in [0.25, 0.3) is 11.3 Å². The van der Waals surface area contributed by atoms with Gasteiger partial charge in [-0.2, -0.15) is 0 Å². The van der Waals surface area contributed by atoms with Crippen molar-refractivity contribution < 1.29 is 14.3 Å². The van der Waals surface area contributed by atoms with Gasteiger partial charge in [0.1, 0.15) is 11.3 Å². The van der Waals surface area contributed by atoms with Crippen LogP contribution in [0, 0.1) is 5.92 Å². The van der Waals surface area contributed by atoms with Gasteiger partial charge in [0.05, 0.1) is 18.1 Å². The molecule has 0 aliphatic heterocycles. The monoisotopic (exact) mass is 395 g/mol. The molecule has 1 aliphatic rings. The molecule has 0 spiro atoms. The minimum atomic E-state index is -0.584. The molecule has 0 atom stereocenters. The summed E-state index contributed by atoms with van der Waals surface area (Å²) < 4.78 is 5.45. The normalized spacial score (nSPS) is 19.6. The van der Waals surface area contributed by atoms with Crippen LogP contribution in [0.2, 0.25) is 0 Å². The van der Waals surface area contributed by atoms with Gasteiger partial charge in [-0.1, -0.05) is 24.3 Å². The highest BCUT2D eigenvalue weighted by Crippen LogP contribution is 2.37. The molecule has 1 amide bonds. The number of primary amides is 1. The van der Waals surface area contributed by atoms with Crippen LogP contribution in [-0.4, -0.2) is 27.4 Å². The van der Waals surface area contributed by atoms with Crippen LogP contribution in [0.1, 0.15) is 74.8 Å². The Kier molecular flexibility index (Phi) is 6.30. The Morgan fingerprint density at radius 3 is 2.31 bits per heavy atom. The zero-order valence-electron chi connectivity index (χ0n) is 17.4. The number of hydrogen-bond acceptors (Lipinski definition) is 5. The summed E-state index contributed by atoms with van der Waals surface area (Å²) in [6.07, 6.45) is 7.74. The highest BCUT2D eigenvalue weighted by molar-refractivity contribution is 5.90. The maximum atomic E-state index is 12.1. The van der Waals surface area contributed by atoms with Crippen molar-refractivity contribution in [2.24, 2.45) is 11.7 Å². The molecule has 6 heteroatoms. The van der Waals surface area contributed by atoms with E-state index >= 15 is 0 Å². The lowest BCUT2D eigenvalue weighted by Crippen LogP contribution is -2.26. The molecule has 29 heavy (non-hydrogen) atoms. The van der Waals surface area contributed by atoms with E-state index in [1.165, 1.54) is 11.8 Å². The standard InChI is InChI=1S/C23H29N3O3/c1-23(2,3)29-21(27)12-15-4-6-16(7-5-15)17-8-10-18(11-9-17)19-13-25-14-20(26-19)22(24)28/h8-11,13-16H,4-7,12H2,1-3H3,(H2,24,28). The first-order valence-corrected chi connectivity index (χ1v) is 10.2. The second-order valence-electron chi connectivity index (χ2n) is 8.78. The van der Waals surface area contributed by atoms with Crippen LogP contribution < -0.4 is 5.73 Å². The van der Waals surface area contributed by atoms with Crippen molar-refractivity contribution in [2.75, 3.05) is 0 Å². The van der Waals surface area contributed by atoms with Gasteiger partial charge in [0.15, 0.2) is 0 Å². The zero-order valence-corrected chi connectivity index (χ0v) is 17.4. The van der Waals surface area contributed by atoms with Crippen molar-refractivity contribution in [1.29, 1.82) is 0 Å². The summed E-state index contributed by atoms with van der Waals surface area (Å²) in [7, 11) is 0. The van der Waals surface area contributed by atoms with Crippen molar-refractivity contribution in [3.8, 4) is 11.3 Å². The second kappa shape index (κ2) is 8.72. The molecule has 1 aromatic heterocycles. The highest BCUT2D eigenvalue weighted by Gasteiger charge is 2.26. The molecule has 2 N–H and O–H groups in total. The summed E-state index contributed by atoms with van der Waals surface area (Å²) in [5, 5.41) is 0. The Morgan fingerprint density at radius 1 is 1.07 bits per heavy atom. The Balaban J connectivity index is 1.57. The van der Waals surface area contributed by atoms with E-state index in [1.54, 1.807) is 6.20 Å². The fourth-order valence-corrected chi connectivity index (χ4v) is 3.87. The van der Waals surface area contributed by atoms with Gasteiger partial charge >= 0.3 is 5.97 Å². The van der Waals surface area contributed by atoms with Gasteiger partial charge in [-0.05, 0) is 63.9 Å². The molecule has 0 saturated heterocycles. The van der Waals surface area contributed by atoms with Crippen molar-refractivity contribution in [3.05, 3.63) is 47.9 Å². The van der Waals surface area contributed by atoms with Crippen molar-refractivity contribution in [2.45, 2.75) is 64.4 Å². The van der Waals surface area contributed by atoms with Crippen molar-refractivity contribution in [1.82, 2.24) is 9.97 Å². The smallest absolute Gasteiger partial charge is 0.306 e. The first-order chi connectivity index (χ1) is 13.7. The predicted octanol–water partition coefficient (Wildman–Crippen LogP) is 4.25. The molecule has 0 bridgehead atoms. The molecule has 1 aromatic carbocycles. The Morgan fingerprint density at radius 2 is 1.72 bits per heavy atom. The maximum absolute atomic E-state index is 12.1. The summed E-state index contributed by atoms with van der Waals surface area (Å²) in [5.41, 5.74) is 7.86. The molecule has 1 aliphatic carbocycles. The van der Waals surface area contributed by atoms with E-state index in [-0.39, 0.29) is 11.7 Å². The lowest BCUT2D eigenvalue weighted by Gasteiger charge is -2.29. The number of nitrogens with two attached hydrogens (primary N) is 1. The molecule has 2 aromatic rings. The largest absolute Gasteiger partial charge is 0.460 e. The lowest BCUT2D eigenvalue weighted by molar-refractivity contribution is -0.156. The van der Waals surface area contributed by atoms with Crippen molar-refractivity contribution in [3.63, 3.8) is 0 Å². The van der Waals surface area contributed by atoms with Gasteiger partial charge in [0.2, 0.25) is 0 Å². The quantitative estimate of drug-likeness (QED) is 0.764. The van der Waals surface area contributed by atoms with Crippen LogP contribution in [0.15, 0.2) is 36.7 Å². The Bertz CT molecular complexity index is 864. The summed E-state index contributed by atoms with van der Waals surface area (Å²) in [6.45, 7) is 5.71. The average molecular weight is 396 g/mol. The molecular formula is C23H29N3O3. The van der Waals surface area contributed by atoms with Gasteiger partial charge in [0.25, 0.3) is 5.91 Å². The van der Waals surface area contributed by atoms with Gasteiger partial charge in [-0.25, -0.2) is 4.98 Å². The minimum absolute atomic E-state index is 0.0930. The molecular weight excluding hydrogens is 366 g/mol. The van der Waals surface area contributed by atoms with E-state index in [1.807, 2.05) is 32.9 Å². The van der Waals surface area contributed by atoms with E-state index in [0.29, 0.717) is 24.0 Å². The predicted molar refractivity (Wildman–Crippen MR) is 111 cm³/mol. The van der Waals surface area contributed by atoms with Crippen LogP contribution >= 0.6 is 0 Å². The third-order valence-electron chi connectivity index (χ3n) is 5.29. The number of ether oxygens (including phenoxy) is 1. The number of amides is 1. The van der Waals surface area contributed by atoms with Gasteiger partial charge in [-0.15, -0.1) is 0 Å². The molecule has 6 nitrogen and oxygen atoms in total. The third-order valence-corrected chi connectivity index (χ3v) is 5.29. The van der Waals surface area contributed by atoms with Gasteiger partial charge in [-0.3, -0.25) is 14.6 Å². The van der Waals surface area contributed by atoms with Crippen LogP contribution in [0.3, 0.4) is 0 Å². The van der Waals surface area contributed by atoms with Crippen molar-refractivity contribution >= 4 is 11.9 Å². The minimum Gasteiger partial charge on any atom is -0.460 e. The first kappa shape index (κ1) is 21.0. The van der Waals surface area contributed by atoms with E-state index < -0.39 is 11.5 Å². The molecule has 3 rings (SSSR count). The third kappa shape index (κ3) is 5.86. The number of benzene rings is 1. The number of hydrogen-bond donors (Lipinski definition) is 1. The molecule has 154 valence electrons. The molecule has 0 radical (unpaired) electrons. The summed E-state index contributed by atoms with van der Waals surface area (Å²) in [4.78, 5) is 31.7. The number of carbonyl (C=O) groups is 2. The van der Waals surface area contributed by atoms with E-state index in [9.17, 15) is 9.59 Å². The summed E-state index contributed by atoms with van der Waals surface area (Å²) in [6, 6.07) is 8.26. The SMILES string of the molecule is CC(C)(C)OC(=O)CC1CCC(c2ccc(-c3cncc(C(N)=O)n3)cc2)CC1. The topological polar surface area (TPSA) is 95.2 Å². The number of nitrogens with zero attached hydrogens (tertiary/aromatic N) is 2. The number of aromatic nitrogens is 2. The Labute approximate surface area is 171 Å². The second-order valence-corrected chi connectivity index (χ2v) is 8.78. The fourth-order valence-electron chi connectivity index (χ4n) is 3.87. The fraction of sp³-hybridized carbons (Fsp3) is 0.478. The van der Waals surface area contributed by atoms with Crippen LogP contribution in [-0.2, 0) is 9.53 Å². The maximum Gasteiger partial charge on any atom is 0.306 e. The van der Waals surface area contributed by atoms with Crippen LogP contribution in [0.4, 0.5) is 0 Å².